The summed E-state index contributed by atoms with van der Waals surface area (Å²) in [7, 11) is 0. The highest BCUT2D eigenvalue weighted by atomic mass is 19.1. The minimum absolute atomic E-state index is 0.00250. The van der Waals surface area contributed by atoms with Gasteiger partial charge in [0.1, 0.15) is 11.6 Å². The van der Waals surface area contributed by atoms with Crippen molar-refractivity contribution in [2.75, 3.05) is 0 Å². The van der Waals surface area contributed by atoms with Crippen LogP contribution in [0.5, 0.6) is 0 Å². The van der Waals surface area contributed by atoms with Crippen LogP contribution >= 0.6 is 0 Å². The lowest BCUT2D eigenvalue weighted by molar-refractivity contribution is 0.499. The van der Waals surface area contributed by atoms with E-state index in [1.807, 2.05) is 13.8 Å². The zero-order valence-electron chi connectivity index (χ0n) is 11.8. The van der Waals surface area contributed by atoms with E-state index in [0.717, 1.165) is 5.56 Å². The molecule has 0 heterocycles. The molecule has 0 saturated carbocycles. The Bertz CT molecular complexity index is 543. The van der Waals surface area contributed by atoms with E-state index >= 15 is 0 Å². The van der Waals surface area contributed by atoms with Gasteiger partial charge in [0.15, 0.2) is 0 Å². The Morgan fingerprint density at radius 1 is 1.00 bits per heavy atom. The zero-order chi connectivity index (χ0) is 14.5. The molecule has 2 aromatic carbocycles. The van der Waals surface area contributed by atoms with Gasteiger partial charge in [-0.2, -0.15) is 0 Å². The van der Waals surface area contributed by atoms with Gasteiger partial charge in [-0.25, -0.2) is 8.78 Å². The Kier molecular flexibility index (Phi) is 4.85. The Balaban J connectivity index is 1.92. The van der Waals surface area contributed by atoms with Crippen LogP contribution in [0.1, 0.15) is 23.6 Å². The number of aryl methyl sites for hydroxylation is 1. The van der Waals surface area contributed by atoms with E-state index < -0.39 is 11.6 Å². The molecular weight excluding hydrogens is 256 g/mol. The fourth-order valence-corrected chi connectivity index (χ4v) is 2.10. The van der Waals surface area contributed by atoms with Crippen LogP contribution in [0.4, 0.5) is 8.78 Å². The Labute approximate surface area is 118 Å². The van der Waals surface area contributed by atoms with Gasteiger partial charge >= 0.3 is 0 Å². The van der Waals surface area contributed by atoms with Crippen molar-refractivity contribution >= 4 is 0 Å². The average molecular weight is 275 g/mol. The number of halogens is 2. The predicted octanol–water partition coefficient (Wildman–Crippen LogP) is 3.99. The molecule has 1 N–H and O–H groups in total. The number of hydrogen-bond donors (Lipinski definition) is 1. The first kappa shape index (κ1) is 14.7. The Morgan fingerprint density at radius 3 is 2.20 bits per heavy atom. The molecule has 1 unspecified atom stereocenters. The van der Waals surface area contributed by atoms with Gasteiger partial charge < -0.3 is 5.32 Å². The summed E-state index contributed by atoms with van der Waals surface area (Å²) in [5, 5.41) is 3.29. The fraction of sp³-hybridized carbons (Fsp3) is 0.294. The van der Waals surface area contributed by atoms with Crippen LogP contribution in [0, 0.1) is 18.6 Å². The fourth-order valence-electron chi connectivity index (χ4n) is 2.10. The van der Waals surface area contributed by atoms with Crippen LogP contribution in [0.15, 0.2) is 42.5 Å². The number of benzene rings is 2. The first-order chi connectivity index (χ1) is 9.56. The molecule has 0 aliphatic carbocycles. The molecule has 0 aliphatic heterocycles. The van der Waals surface area contributed by atoms with Crippen LogP contribution in [0.25, 0.3) is 0 Å². The van der Waals surface area contributed by atoms with Gasteiger partial charge in [-0.1, -0.05) is 35.9 Å². The molecule has 20 heavy (non-hydrogen) atoms. The molecule has 0 fully saturated rings. The highest BCUT2D eigenvalue weighted by Gasteiger charge is 2.12. The molecule has 2 aromatic rings. The van der Waals surface area contributed by atoms with Crippen molar-refractivity contribution in [2.24, 2.45) is 0 Å². The highest BCUT2D eigenvalue weighted by molar-refractivity contribution is 5.22. The molecule has 106 valence electrons. The molecule has 0 spiro atoms. The average Bonchev–Trinajstić information content (AvgIpc) is 2.42. The summed E-state index contributed by atoms with van der Waals surface area (Å²) < 4.78 is 27.1. The standard InChI is InChI=1S/C17H19F2N/c1-12-6-8-14(9-7-12)11-20-13(2)10-15-16(18)4-3-5-17(15)19/h3-9,13,20H,10-11H2,1-2H3. The topological polar surface area (TPSA) is 12.0 Å². The summed E-state index contributed by atoms with van der Waals surface area (Å²) in [6.45, 7) is 4.67. The number of rotatable bonds is 5. The maximum absolute atomic E-state index is 13.6. The normalized spacial score (nSPS) is 12.4. The van der Waals surface area contributed by atoms with Gasteiger partial charge in [-0.05, 0) is 38.0 Å². The van der Waals surface area contributed by atoms with Gasteiger partial charge in [-0.3, -0.25) is 0 Å². The summed E-state index contributed by atoms with van der Waals surface area (Å²) in [5.74, 6) is -0.956. The van der Waals surface area contributed by atoms with Gasteiger partial charge in [0.2, 0.25) is 0 Å². The Hall–Kier alpha value is -1.74. The lowest BCUT2D eigenvalue weighted by Gasteiger charge is -2.15. The second-order valence-electron chi connectivity index (χ2n) is 5.17. The summed E-state index contributed by atoms with van der Waals surface area (Å²) in [6.07, 6.45) is 0.338. The molecule has 0 saturated heterocycles. The van der Waals surface area contributed by atoms with E-state index in [2.05, 4.69) is 29.6 Å². The van der Waals surface area contributed by atoms with Crippen molar-refractivity contribution in [1.82, 2.24) is 5.32 Å². The maximum Gasteiger partial charge on any atom is 0.129 e. The molecular formula is C17H19F2N. The van der Waals surface area contributed by atoms with Crippen molar-refractivity contribution < 1.29 is 8.78 Å². The second-order valence-corrected chi connectivity index (χ2v) is 5.17. The van der Waals surface area contributed by atoms with E-state index in [4.69, 9.17) is 0 Å². The first-order valence-corrected chi connectivity index (χ1v) is 6.78. The molecule has 2 rings (SSSR count). The molecule has 3 heteroatoms. The zero-order valence-corrected chi connectivity index (χ0v) is 11.8. The van der Waals surface area contributed by atoms with Crippen LogP contribution in [-0.2, 0) is 13.0 Å². The van der Waals surface area contributed by atoms with E-state index in [1.54, 1.807) is 0 Å². The highest BCUT2D eigenvalue weighted by Crippen LogP contribution is 2.14. The largest absolute Gasteiger partial charge is 0.310 e. The number of nitrogens with one attached hydrogen (secondary N) is 1. The Morgan fingerprint density at radius 2 is 1.60 bits per heavy atom. The third kappa shape index (κ3) is 3.87. The summed E-state index contributed by atoms with van der Waals surface area (Å²) in [5.41, 5.74) is 2.53. The monoisotopic (exact) mass is 275 g/mol. The molecule has 0 aliphatic rings. The van der Waals surface area contributed by atoms with Crippen molar-refractivity contribution in [3.8, 4) is 0 Å². The molecule has 0 radical (unpaired) electrons. The third-order valence-corrected chi connectivity index (χ3v) is 3.35. The summed E-state index contributed by atoms with van der Waals surface area (Å²) in [4.78, 5) is 0. The minimum atomic E-state index is -0.478. The number of hydrogen-bond acceptors (Lipinski definition) is 1. The molecule has 0 amide bonds. The van der Waals surface area contributed by atoms with Crippen molar-refractivity contribution in [2.45, 2.75) is 32.9 Å². The molecule has 1 atom stereocenters. The molecule has 0 aromatic heterocycles. The van der Waals surface area contributed by atoms with Crippen LogP contribution < -0.4 is 5.32 Å². The van der Waals surface area contributed by atoms with Crippen LogP contribution in [0.2, 0.25) is 0 Å². The molecule has 1 nitrogen and oxygen atoms in total. The maximum atomic E-state index is 13.6. The van der Waals surface area contributed by atoms with Gasteiger partial charge in [0.25, 0.3) is 0 Å². The smallest absolute Gasteiger partial charge is 0.129 e. The second kappa shape index (κ2) is 6.62. The summed E-state index contributed by atoms with van der Waals surface area (Å²) >= 11 is 0. The quantitative estimate of drug-likeness (QED) is 0.870. The minimum Gasteiger partial charge on any atom is -0.310 e. The SMILES string of the molecule is Cc1ccc(CNC(C)Cc2c(F)cccc2F)cc1. The first-order valence-electron chi connectivity index (χ1n) is 6.78. The van der Waals surface area contributed by atoms with Crippen LogP contribution in [-0.4, -0.2) is 6.04 Å². The van der Waals surface area contributed by atoms with Crippen LogP contribution in [0.3, 0.4) is 0 Å². The third-order valence-electron chi connectivity index (χ3n) is 3.35. The van der Waals surface area contributed by atoms with Crippen molar-refractivity contribution in [1.29, 1.82) is 0 Å². The van der Waals surface area contributed by atoms with E-state index in [-0.39, 0.29) is 11.6 Å². The predicted molar refractivity (Wildman–Crippen MR) is 77.5 cm³/mol. The van der Waals surface area contributed by atoms with Gasteiger partial charge in [0.05, 0.1) is 0 Å². The van der Waals surface area contributed by atoms with Gasteiger partial charge in [0, 0.05) is 18.2 Å². The van der Waals surface area contributed by atoms with Crippen molar-refractivity contribution in [3.63, 3.8) is 0 Å². The lowest BCUT2D eigenvalue weighted by atomic mass is 10.1. The van der Waals surface area contributed by atoms with E-state index in [0.29, 0.717) is 13.0 Å². The van der Waals surface area contributed by atoms with E-state index in [1.165, 1.54) is 23.8 Å². The summed E-state index contributed by atoms with van der Waals surface area (Å²) in [6, 6.07) is 12.2. The van der Waals surface area contributed by atoms with Crippen molar-refractivity contribution in [3.05, 3.63) is 70.8 Å². The molecule has 0 bridgehead atoms. The van der Waals surface area contributed by atoms with Gasteiger partial charge in [-0.15, -0.1) is 0 Å². The van der Waals surface area contributed by atoms with E-state index in [9.17, 15) is 8.78 Å². The lowest BCUT2D eigenvalue weighted by Crippen LogP contribution is -2.28.